The number of carbonyl (C=O) groups excluding carboxylic acids is 1. The minimum Gasteiger partial charge on any atom is -0.756 e. The number of imidazole rings is 1. The molecule has 1 aliphatic carbocycles. The topological polar surface area (TPSA) is 335 Å². The SMILES string of the molecule is CC1(C)C2=C(Cl)C(=O)C(Cl)=CC2=Nc2ccc(OP(=O)([O-])OP(=O)([O-])OP(=O)([O-])OP(=O)([O-])OCC3OC(n4cnc5c(N)ncnc54)CC3O)cc21. The molecular formula is C25H22Cl2N6O16P4-4. The van der Waals surface area contributed by atoms with Gasteiger partial charge < -0.3 is 44.2 Å². The molecule has 0 amide bonds. The van der Waals surface area contributed by atoms with Crippen molar-refractivity contribution in [2.45, 2.75) is 44.1 Å². The zero-order chi connectivity index (χ0) is 38.9. The van der Waals surface area contributed by atoms with Gasteiger partial charge in [0.2, 0.25) is 5.78 Å². The Labute approximate surface area is 307 Å². The first kappa shape index (κ1) is 40.0. The van der Waals surface area contributed by atoms with Gasteiger partial charge in [-0.15, -0.1) is 0 Å². The summed E-state index contributed by atoms with van der Waals surface area (Å²) in [7, 11) is -25.1. The first-order chi connectivity index (χ1) is 24.5. The molecule has 53 heavy (non-hydrogen) atoms. The number of nitrogens with zero attached hydrogens (tertiary/aromatic N) is 5. The van der Waals surface area contributed by atoms with Crippen LogP contribution in [-0.4, -0.2) is 54.9 Å². The number of benzene rings is 1. The second-order valence-corrected chi connectivity index (χ2v) is 18.5. The maximum Gasteiger partial charge on any atom is 0.326 e. The maximum absolute atomic E-state index is 12.5. The standard InChI is InChI=1S/C25H26Cl2N6O16P4/c1-25(2)12-5-11(3-4-14(12)32-15-6-13(26)22(35)20(27)19(15)25)46-51(38,39)48-53(42,43)49-52(40,41)47-50(36,37)44-8-17-16(34)7-18(45-17)33-10-31-21-23(28)29-9-30-24(21)33/h3-6,9-10,16-18,34H,7-8H2,1-2H3,(H,36,37)(H,38,39)(H,40,41)(H,42,43)(H2,28,29,30)/p-4. The molecule has 3 aromatic rings. The molecule has 28 heteroatoms. The summed E-state index contributed by atoms with van der Waals surface area (Å²) in [5.41, 5.74) is 6.14. The van der Waals surface area contributed by atoms with Crippen molar-refractivity contribution >= 4 is 88.7 Å². The second kappa shape index (κ2) is 14.1. The summed E-state index contributed by atoms with van der Waals surface area (Å²) in [5.74, 6) is -1.18. The van der Waals surface area contributed by atoms with Crippen LogP contribution >= 0.6 is 54.5 Å². The monoisotopic (exact) mass is 856 g/mol. The third-order valence-electron chi connectivity index (χ3n) is 7.78. The number of rotatable bonds is 12. The Morgan fingerprint density at radius 3 is 2.38 bits per heavy atom. The van der Waals surface area contributed by atoms with Crippen molar-refractivity contribution in [3.05, 3.63) is 58.1 Å². The first-order valence-corrected chi connectivity index (χ1v) is 21.1. The molecule has 1 aromatic carbocycles. The third-order valence-corrected chi connectivity index (χ3v) is 14.1. The smallest absolute Gasteiger partial charge is 0.326 e. The van der Waals surface area contributed by atoms with E-state index in [1.54, 1.807) is 13.8 Å². The molecular weight excluding hydrogens is 835 g/mol. The number of aliphatic hydroxyl groups excluding tert-OH is 1. The van der Waals surface area contributed by atoms with Gasteiger partial charge in [0, 0.05) is 17.4 Å². The summed E-state index contributed by atoms with van der Waals surface area (Å²) >= 11 is 12.2. The molecule has 1 saturated heterocycles. The molecule has 22 nitrogen and oxygen atoms in total. The Morgan fingerprint density at radius 2 is 1.68 bits per heavy atom. The summed E-state index contributed by atoms with van der Waals surface area (Å²) in [6, 6.07) is 3.44. The highest BCUT2D eigenvalue weighted by atomic mass is 35.5. The Kier molecular flexibility index (Phi) is 10.6. The van der Waals surface area contributed by atoms with Gasteiger partial charge in [0.25, 0.3) is 23.5 Å². The maximum atomic E-state index is 12.5. The summed E-state index contributed by atoms with van der Waals surface area (Å²) in [4.78, 5) is 77.9. The summed E-state index contributed by atoms with van der Waals surface area (Å²) in [6.07, 6.45) is -0.132. The molecule has 7 atom stereocenters. The van der Waals surface area contributed by atoms with Gasteiger partial charge in [-0.05, 0) is 29.8 Å². The lowest BCUT2D eigenvalue weighted by atomic mass is 9.71. The van der Waals surface area contributed by atoms with E-state index in [9.17, 15) is 47.7 Å². The molecule has 3 N–H and O–H groups in total. The van der Waals surface area contributed by atoms with E-state index < -0.39 is 73.3 Å². The number of phosphoric ester groups is 2. The minimum atomic E-state index is -6.52. The van der Waals surface area contributed by atoms with Crippen LogP contribution in [0.3, 0.4) is 0 Å². The number of hydrogen-bond donors (Lipinski definition) is 2. The van der Waals surface area contributed by atoms with E-state index in [-0.39, 0.29) is 56.0 Å². The van der Waals surface area contributed by atoms with Crippen molar-refractivity contribution in [3.8, 4) is 5.75 Å². The van der Waals surface area contributed by atoms with Gasteiger partial charge in [-0.25, -0.2) is 32.9 Å². The van der Waals surface area contributed by atoms with Crippen LogP contribution in [0, 0.1) is 0 Å². The largest absolute Gasteiger partial charge is 0.756 e. The van der Waals surface area contributed by atoms with E-state index in [1.165, 1.54) is 23.0 Å². The highest BCUT2D eigenvalue weighted by Gasteiger charge is 2.41. The average molecular weight is 857 g/mol. The summed E-state index contributed by atoms with van der Waals surface area (Å²) in [6.45, 7) is 2.20. The number of nitrogens with two attached hydrogens (primary N) is 1. The lowest BCUT2D eigenvalue weighted by Crippen LogP contribution is -2.32. The third kappa shape index (κ3) is 8.44. The fraction of sp³-hybridized carbons (Fsp3) is 0.320. The molecule has 2 aliphatic heterocycles. The van der Waals surface area contributed by atoms with Crippen molar-refractivity contribution in [2.75, 3.05) is 12.3 Å². The van der Waals surface area contributed by atoms with Gasteiger partial charge in [-0.2, -0.15) is 0 Å². The van der Waals surface area contributed by atoms with Gasteiger partial charge in [0.15, 0.2) is 11.5 Å². The fourth-order valence-corrected chi connectivity index (χ4v) is 11.0. The Bertz CT molecular complexity index is 2330. The number of aliphatic hydroxyl groups is 1. The van der Waals surface area contributed by atoms with Crippen LogP contribution in [-0.2, 0) is 50.7 Å². The van der Waals surface area contributed by atoms with E-state index in [2.05, 4.69) is 41.9 Å². The van der Waals surface area contributed by atoms with Crippen LogP contribution in [0.4, 0.5) is 11.5 Å². The number of ketones is 1. The minimum absolute atomic E-state index is 0.0561. The highest BCUT2D eigenvalue weighted by Crippen LogP contribution is 2.67. The first-order valence-electron chi connectivity index (χ1n) is 14.5. The number of anilines is 1. The van der Waals surface area contributed by atoms with E-state index in [4.69, 9.17) is 33.7 Å². The molecule has 2 aromatic heterocycles. The van der Waals surface area contributed by atoms with Crippen molar-refractivity contribution < 1.29 is 74.5 Å². The number of aromatic nitrogens is 4. The van der Waals surface area contributed by atoms with Crippen molar-refractivity contribution in [1.29, 1.82) is 0 Å². The molecule has 7 unspecified atom stereocenters. The van der Waals surface area contributed by atoms with E-state index >= 15 is 0 Å². The van der Waals surface area contributed by atoms with Crippen LogP contribution in [0.15, 0.2) is 57.6 Å². The van der Waals surface area contributed by atoms with Gasteiger partial charge in [0.05, 0.1) is 40.5 Å². The molecule has 4 heterocycles. The number of carbonyl (C=O) groups is 1. The lowest BCUT2D eigenvalue weighted by Gasteiger charge is -2.37. The van der Waals surface area contributed by atoms with E-state index in [0.717, 1.165) is 18.5 Å². The Morgan fingerprint density at radius 1 is 1.02 bits per heavy atom. The number of halogens is 2. The Hall–Kier alpha value is -2.71. The van der Waals surface area contributed by atoms with Gasteiger partial charge in [0.1, 0.15) is 29.9 Å². The van der Waals surface area contributed by atoms with Crippen LogP contribution in [0.2, 0.25) is 0 Å². The van der Waals surface area contributed by atoms with E-state index in [1.807, 2.05) is 0 Å². The predicted octanol–water partition coefficient (Wildman–Crippen LogP) is 1.64. The molecule has 0 saturated carbocycles. The normalized spacial score (nSPS) is 25.7. The number of ether oxygens (including phenoxy) is 1. The molecule has 0 bridgehead atoms. The fourth-order valence-electron chi connectivity index (χ4n) is 5.55. The number of allylic oxidation sites excluding steroid dienone is 4. The van der Waals surface area contributed by atoms with Gasteiger partial charge >= 0.3 is 7.82 Å². The number of hydrogen-bond acceptors (Lipinski definition) is 21. The molecule has 3 aliphatic rings. The number of aliphatic imine (C=N–C) groups is 1. The van der Waals surface area contributed by atoms with Gasteiger partial charge in [-0.3, -0.25) is 27.6 Å². The second-order valence-electron chi connectivity index (χ2n) is 11.7. The zero-order valence-corrected chi connectivity index (χ0v) is 31.6. The van der Waals surface area contributed by atoms with Gasteiger partial charge in [-0.1, -0.05) is 37.0 Å². The van der Waals surface area contributed by atoms with Crippen molar-refractivity contribution in [3.63, 3.8) is 0 Å². The number of fused-ring (bicyclic) bond motifs is 3. The molecule has 6 rings (SSSR count). The zero-order valence-electron chi connectivity index (χ0n) is 26.5. The molecule has 286 valence electrons. The lowest BCUT2D eigenvalue weighted by molar-refractivity contribution is -0.253. The van der Waals surface area contributed by atoms with Crippen molar-refractivity contribution in [2.24, 2.45) is 4.99 Å². The number of phosphoric acid groups is 4. The van der Waals surface area contributed by atoms with Crippen LogP contribution in [0.1, 0.15) is 32.1 Å². The predicted molar refractivity (Wildman–Crippen MR) is 173 cm³/mol. The summed E-state index contributed by atoms with van der Waals surface area (Å²) in [5, 5.41) is 9.96. The molecule has 0 spiro atoms. The van der Waals surface area contributed by atoms with Crippen LogP contribution in [0.5, 0.6) is 5.75 Å². The van der Waals surface area contributed by atoms with Crippen LogP contribution in [0.25, 0.3) is 11.2 Å². The number of nitrogen functional groups attached to an aromatic ring is 1. The van der Waals surface area contributed by atoms with Crippen molar-refractivity contribution in [1.82, 2.24) is 19.5 Å². The Balaban J connectivity index is 1.07. The van der Waals surface area contributed by atoms with Crippen LogP contribution < -0.4 is 29.8 Å². The average Bonchev–Trinajstić information content (AvgIpc) is 3.61. The highest BCUT2D eigenvalue weighted by molar-refractivity contribution is 7.68. The summed E-state index contributed by atoms with van der Waals surface area (Å²) < 4.78 is 76.5. The molecule has 0 radical (unpaired) electrons. The molecule has 1 fully saturated rings. The quantitative estimate of drug-likeness (QED) is 0.193. The number of Topliss-reactive ketones (excluding diaryl/α,β-unsaturated/α-hetero) is 1. The van der Waals surface area contributed by atoms with E-state index in [0.29, 0.717) is 0 Å².